The van der Waals surface area contributed by atoms with E-state index in [4.69, 9.17) is 5.73 Å². The van der Waals surface area contributed by atoms with Gasteiger partial charge in [-0.1, -0.05) is 0 Å². The molecule has 1 aromatic rings. The first-order valence-electron chi connectivity index (χ1n) is 5.47. The fourth-order valence-electron chi connectivity index (χ4n) is 1.93. The quantitative estimate of drug-likeness (QED) is 0.569. The molecular weight excluding hydrogens is 222 g/mol. The summed E-state index contributed by atoms with van der Waals surface area (Å²) in [6, 6.07) is 3.43. The Morgan fingerprint density at radius 2 is 2.41 bits per heavy atom. The Hall–Kier alpha value is -1.89. The first-order valence-corrected chi connectivity index (χ1v) is 5.47. The van der Waals surface area contributed by atoms with Crippen molar-refractivity contribution in [3.63, 3.8) is 0 Å². The molecule has 1 saturated heterocycles. The molecule has 1 atom stereocenters. The SMILES string of the molecule is C[C@@H]1CN(c2ccc([N+](=O)[O-])c(N)n2)CCN1. The largest absolute Gasteiger partial charge is 0.378 e. The monoisotopic (exact) mass is 237 g/mol. The molecular formula is C10H15N5O2. The van der Waals surface area contributed by atoms with Crippen molar-refractivity contribution in [1.29, 1.82) is 0 Å². The van der Waals surface area contributed by atoms with E-state index in [-0.39, 0.29) is 11.5 Å². The summed E-state index contributed by atoms with van der Waals surface area (Å²) in [4.78, 5) is 16.3. The normalized spacial score (nSPS) is 20.3. The summed E-state index contributed by atoms with van der Waals surface area (Å²) in [5.41, 5.74) is 5.43. The third-order valence-electron chi connectivity index (χ3n) is 2.78. The van der Waals surface area contributed by atoms with Crippen LogP contribution in [-0.4, -0.2) is 35.6 Å². The zero-order valence-electron chi connectivity index (χ0n) is 9.59. The Bertz CT molecular complexity index is 437. The molecule has 0 aliphatic carbocycles. The highest BCUT2D eigenvalue weighted by Gasteiger charge is 2.19. The van der Waals surface area contributed by atoms with Crippen LogP contribution in [0.2, 0.25) is 0 Å². The van der Waals surface area contributed by atoms with Crippen LogP contribution in [-0.2, 0) is 0 Å². The predicted octanol–water partition coefficient (Wildman–Crippen LogP) is 0.370. The van der Waals surface area contributed by atoms with Gasteiger partial charge in [0.25, 0.3) is 0 Å². The summed E-state index contributed by atoms with van der Waals surface area (Å²) in [5, 5.41) is 13.9. The Morgan fingerprint density at radius 1 is 1.65 bits per heavy atom. The Kier molecular flexibility index (Phi) is 3.10. The number of nitrogens with zero attached hydrogens (tertiary/aromatic N) is 3. The van der Waals surface area contributed by atoms with E-state index in [9.17, 15) is 10.1 Å². The number of aromatic nitrogens is 1. The molecule has 0 radical (unpaired) electrons. The molecule has 0 amide bonds. The van der Waals surface area contributed by atoms with Gasteiger partial charge in [-0.05, 0) is 13.0 Å². The fraction of sp³-hybridized carbons (Fsp3) is 0.500. The van der Waals surface area contributed by atoms with Crippen LogP contribution >= 0.6 is 0 Å². The number of nitro groups is 1. The minimum atomic E-state index is -0.521. The van der Waals surface area contributed by atoms with Crippen molar-refractivity contribution < 1.29 is 4.92 Å². The number of piperazine rings is 1. The molecule has 0 unspecified atom stereocenters. The van der Waals surface area contributed by atoms with Crippen LogP contribution in [0.25, 0.3) is 0 Å². The van der Waals surface area contributed by atoms with Gasteiger partial charge in [0.05, 0.1) is 4.92 Å². The summed E-state index contributed by atoms with van der Waals surface area (Å²) < 4.78 is 0. The smallest absolute Gasteiger partial charge is 0.311 e. The highest BCUT2D eigenvalue weighted by Crippen LogP contribution is 2.23. The number of rotatable bonds is 2. The van der Waals surface area contributed by atoms with Gasteiger partial charge in [-0.25, -0.2) is 4.98 Å². The van der Waals surface area contributed by atoms with Gasteiger partial charge in [-0.3, -0.25) is 10.1 Å². The van der Waals surface area contributed by atoms with Crippen LogP contribution in [0.3, 0.4) is 0 Å². The van der Waals surface area contributed by atoms with Gasteiger partial charge in [0.2, 0.25) is 5.82 Å². The third-order valence-corrected chi connectivity index (χ3v) is 2.78. The maximum Gasteiger partial charge on any atom is 0.311 e. The number of nitrogens with two attached hydrogens (primary N) is 1. The highest BCUT2D eigenvalue weighted by molar-refractivity contribution is 5.58. The number of anilines is 2. The average Bonchev–Trinajstić information content (AvgIpc) is 2.28. The van der Waals surface area contributed by atoms with Crippen LogP contribution < -0.4 is 16.0 Å². The predicted molar refractivity (Wildman–Crippen MR) is 65.0 cm³/mol. The van der Waals surface area contributed by atoms with Crippen molar-refractivity contribution in [3.05, 3.63) is 22.2 Å². The molecule has 0 bridgehead atoms. The topological polar surface area (TPSA) is 97.3 Å². The molecule has 1 aliphatic rings. The lowest BCUT2D eigenvalue weighted by Gasteiger charge is -2.32. The van der Waals surface area contributed by atoms with Crippen LogP contribution in [0.15, 0.2) is 12.1 Å². The molecule has 17 heavy (non-hydrogen) atoms. The molecule has 0 aromatic carbocycles. The molecule has 1 aromatic heterocycles. The molecule has 0 spiro atoms. The van der Waals surface area contributed by atoms with E-state index in [2.05, 4.69) is 22.1 Å². The van der Waals surface area contributed by atoms with Crippen LogP contribution in [0.4, 0.5) is 17.3 Å². The van der Waals surface area contributed by atoms with Gasteiger partial charge < -0.3 is 16.0 Å². The van der Waals surface area contributed by atoms with Crippen LogP contribution in [0.1, 0.15) is 6.92 Å². The number of nitrogens with one attached hydrogen (secondary N) is 1. The highest BCUT2D eigenvalue weighted by atomic mass is 16.6. The minimum Gasteiger partial charge on any atom is -0.378 e. The molecule has 1 fully saturated rings. The van der Waals surface area contributed by atoms with Crippen molar-refractivity contribution in [1.82, 2.24) is 10.3 Å². The lowest BCUT2D eigenvalue weighted by atomic mass is 10.2. The second-order valence-corrected chi connectivity index (χ2v) is 4.13. The minimum absolute atomic E-state index is 0.0290. The van der Waals surface area contributed by atoms with E-state index in [1.54, 1.807) is 6.07 Å². The number of nitrogen functional groups attached to an aromatic ring is 1. The van der Waals surface area contributed by atoms with E-state index in [0.29, 0.717) is 11.9 Å². The summed E-state index contributed by atoms with van der Waals surface area (Å²) in [6.45, 7) is 4.61. The van der Waals surface area contributed by atoms with E-state index < -0.39 is 4.92 Å². The second kappa shape index (κ2) is 4.54. The Balaban J connectivity index is 2.22. The maximum atomic E-state index is 10.6. The van der Waals surface area contributed by atoms with Gasteiger partial charge in [0, 0.05) is 31.7 Å². The molecule has 1 aliphatic heterocycles. The number of hydrogen-bond donors (Lipinski definition) is 2. The fourth-order valence-corrected chi connectivity index (χ4v) is 1.93. The lowest BCUT2D eigenvalue weighted by molar-refractivity contribution is -0.384. The molecule has 0 saturated carbocycles. The first-order chi connectivity index (χ1) is 8.08. The van der Waals surface area contributed by atoms with Gasteiger partial charge in [-0.2, -0.15) is 0 Å². The van der Waals surface area contributed by atoms with Crippen molar-refractivity contribution >= 4 is 17.3 Å². The summed E-state index contributed by atoms with van der Waals surface area (Å²) >= 11 is 0. The van der Waals surface area contributed by atoms with E-state index in [1.165, 1.54) is 6.07 Å². The summed E-state index contributed by atoms with van der Waals surface area (Å²) in [5.74, 6) is 0.667. The summed E-state index contributed by atoms with van der Waals surface area (Å²) in [6.07, 6.45) is 0. The zero-order valence-corrected chi connectivity index (χ0v) is 9.59. The van der Waals surface area contributed by atoms with E-state index in [1.807, 2.05) is 0 Å². The van der Waals surface area contributed by atoms with Crippen molar-refractivity contribution in [2.45, 2.75) is 13.0 Å². The molecule has 7 heteroatoms. The summed E-state index contributed by atoms with van der Waals surface area (Å²) in [7, 11) is 0. The number of pyridine rings is 1. The van der Waals surface area contributed by atoms with E-state index >= 15 is 0 Å². The van der Waals surface area contributed by atoms with E-state index in [0.717, 1.165) is 19.6 Å². The first kappa shape index (κ1) is 11.6. The second-order valence-electron chi connectivity index (χ2n) is 4.13. The van der Waals surface area contributed by atoms with Crippen LogP contribution in [0.5, 0.6) is 0 Å². The van der Waals surface area contributed by atoms with Crippen LogP contribution in [0, 0.1) is 10.1 Å². The Labute approximate surface area is 98.8 Å². The molecule has 3 N–H and O–H groups in total. The van der Waals surface area contributed by atoms with Gasteiger partial charge in [-0.15, -0.1) is 0 Å². The lowest BCUT2D eigenvalue weighted by Crippen LogP contribution is -2.49. The maximum absolute atomic E-state index is 10.6. The van der Waals surface area contributed by atoms with Crippen molar-refractivity contribution in [2.24, 2.45) is 0 Å². The van der Waals surface area contributed by atoms with Crippen molar-refractivity contribution in [2.75, 3.05) is 30.3 Å². The standard InChI is InChI=1S/C10H15N5O2/c1-7-6-14(5-4-12-7)9-3-2-8(15(16)17)10(11)13-9/h2-3,7,12H,4-6H2,1H3,(H2,11,13)/t7-/m1/s1. The Morgan fingerprint density at radius 3 is 3.00 bits per heavy atom. The molecule has 92 valence electrons. The molecule has 2 heterocycles. The van der Waals surface area contributed by atoms with Gasteiger partial charge in [0.1, 0.15) is 5.82 Å². The van der Waals surface area contributed by atoms with Gasteiger partial charge in [0.15, 0.2) is 0 Å². The molecule has 2 rings (SSSR count). The average molecular weight is 237 g/mol. The number of hydrogen-bond acceptors (Lipinski definition) is 6. The zero-order chi connectivity index (χ0) is 12.4. The van der Waals surface area contributed by atoms with Gasteiger partial charge >= 0.3 is 5.69 Å². The third kappa shape index (κ3) is 2.44. The van der Waals surface area contributed by atoms with Crippen molar-refractivity contribution in [3.8, 4) is 0 Å². The molecule has 7 nitrogen and oxygen atoms in total.